The monoisotopic (exact) mass is 582 g/mol. The molecule has 2 fully saturated rings. The summed E-state index contributed by atoms with van der Waals surface area (Å²) in [7, 11) is -8.45. The molecule has 0 aromatic heterocycles. The molecule has 2 aliphatic rings. The van der Waals surface area contributed by atoms with E-state index in [1.807, 2.05) is 0 Å². The van der Waals surface area contributed by atoms with Crippen LogP contribution in [0.5, 0.6) is 0 Å². The van der Waals surface area contributed by atoms with Gasteiger partial charge in [0.2, 0.25) is 0 Å². The molecule has 4 rings (SSSR count). The number of carbonyl (C=O) groups is 1. The van der Waals surface area contributed by atoms with Crippen molar-refractivity contribution in [2.75, 3.05) is 11.9 Å². The number of hydrogen-bond donors (Lipinski definition) is 3. The zero-order chi connectivity index (χ0) is 27.3. The summed E-state index contributed by atoms with van der Waals surface area (Å²) >= 11 is 6.19. The minimum Gasteiger partial charge on any atom is -0.387 e. The maximum atomic E-state index is 13.7. The first-order chi connectivity index (χ1) is 17.1. The van der Waals surface area contributed by atoms with Crippen LogP contribution in [0.1, 0.15) is 36.0 Å². The third kappa shape index (κ3) is 5.78. The first-order valence-corrected chi connectivity index (χ1v) is 14.4. The number of hydrogen-bond acceptors (Lipinski definition) is 7. The fourth-order valence-corrected chi connectivity index (χ4v) is 8.52. The lowest BCUT2D eigenvalue weighted by Gasteiger charge is -2.40. The quantitative estimate of drug-likeness (QED) is 0.424. The molecule has 202 valence electrons. The largest absolute Gasteiger partial charge is 0.387 e. The Balaban J connectivity index is 1.58. The Bertz CT molecular complexity index is 1430. The van der Waals surface area contributed by atoms with Crippen molar-refractivity contribution in [2.24, 2.45) is 17.0 Å². The van der Waals surface area contributed by atoms with Gasteiger partial charge < -0.3 is 10.4 Å². The van der Waals surface area contributed by atoms with Crippen LogP contribution in [-0.4, -0.2) is 45.3 Å². The summed E-state index contributed by atoms with van der Waals surface area (Å²) in [5.74, 6) is -6.75. The molecule has 2 aliphatic carbocycles. The Morgan fingerprint density at radius 3 is 2.19 bits per heavy atom. The van der Waals surface area contributed by atoms with Gasteiger partial charge in [-0.05, 0) is 55.7 Å². The van der Waals surface area contributed by atoms with Gasteiger partial charge in [0.15, 0.2) is 27.3 Å². The molecule has 2 aromatic carbocycles. The zero-order valence-electron chi connectivity index (χ0n) is 19.0. The van der Waals surface area contributed by atoms with Crippen molar-refractivity contribution in [1.82, 2.24) is 0 Å². The molecule has 0 radical (unpaired) electrons. The number of nitrogens with one attached hydrogen (secondary N) is 1. The first kappa shape index (κ1) is 27.8. The van der Waals surface area contributed by atoms with Crippen LogP contribution < -0.4 is 10.5 Å². The number of aliphatic hydroxyl groups is 1. The van der Waals surface area contributed by atoms with E-state index in [4.69, 9.17) is 16.7 Å². The number of benzene rings is 2. The lowest BCUT2D eigenvalue weighted by Crippen LogP contribution is -2.49. The summed E-state index contributed by atoms with van der Waals surface area (Å²) in [5.41, 5.74) is -2.16. The van der Waals surface area contributed by atoms with E-state index in [-0.39, 0.29) is 34.0 Å². The van der Waals surface area contributed by atoms with Gasteiger partial charge in [-0.3, -0.25) is 8.98 Å². The summed E-state index contributed by atoms with van der Waals surface area (Å²) < 4.78 is 94.3. The molecule has 0 heterocycles. The third-order valence-electron chi connectivity index (χ3n) is 6.71. The second-order valence-corrected chi connectivity index (χ2v) is 13.1. The molecule has 9 nitrogen and oxygen atoms in total. The predicted octanol–water partition coefficient (Wildman–Crippen LogP) is 2.92. The Morgan fingerprint density at radius 1 is 1.08 bits per heavy atom. The van der Waals surface area contributed by atoms with Gasteiger partial charge in [0.1, 0.15) is 0 Å². The molecule has 2 atom stereocenters. The number of rotatable bonds is 7. The number of nitrogens with two attached hydrogens (primary N) is 1. The van der Waals surface area contributed by atoms with Gasteiger partial charge in [-0.1, -0.05) is 11.6 Å². The van der Waals surface area contributed by atoms with E-state index in [9.17, 15) is 39.9 Å². The van der Waals surface area contributed by atoms with Crippen molar-refractivity contribution < 1.29 is 44.1 Å². The van der Waals surface area contributed by atoms with Crippen molar-refractivity contribution >= 4 is 43.3 Å². The molecular weight excluding hydrogens is 561 g/mol. The van der Waals surface area contributed by atoms with Crippen LogP contribution in [0.15, 0.2) is 35.2 Å². The molecule has 1 amide bonds. The van der Waals surface area contributed by atoms with Crippen LogP contribution >= 0.6 is 11.6 Å². The molecule has 15 heteroatoms. The second-order valence-electron chi connectivity index (χ2n) is 9.35. The summed E-state index contributed by atoms with van der Waals surface area (Å²) in [5, 5.41) is 16.7. The number of amides is 1. The molecule has 2 aromatic rings. The van der Waals surface area contributed by atoms with Gasteiger partial charge in [-0.2, -0.15) is 8.42 Å². The highest BCUT2D eigenvalue weighted by Crippen LogP contribution is 2.51. The average molecular weight is 583 g/mol. The fraction of sp³-hybridized carbons (Fsp3) is 0.409. The Kier molecular flexibility index (Phi) is 7.38. The van der Waals surface area contributed by atoms with Gasteiger partial charge in [0.25, 0.3) is 5.91 Å². The minimum absolute atomic E-state index is 0.0532. The average Bonchev–Trinajstić information content (AvgIpc) is 3.09. The SMILES string of the molecule is NS(=O)(=O)OC[C@]1(O)CC2CCC(C1)[C@H]2S(=O)(=O)c1cc(C(=O)Nc2cc(F)c(F)c(F)c2)ccc1Cl. The number of sulfone groups is 1. The maximum absolute atomic E-state index is 13.7. The topological polar surface area (TPSA) is 153 Å². The molecule has 0 saturated heterocycles. The normalized spacial score (nSPS) is 25.7. The molecule has 2 saturated carbocycles. The van der Waals surface area contributed by atoms with Crippen molar-refractivity contribution in [3.05, 3.63) is 58.4 Å². The molecule has 4 N–H and O–H groups in total. The van der Waals surface area contributed by atoms with Crippen molar-refractivity contribution in [3.8, 4) is 0 Å². The van der Waals surface area contributed by atoms with E-state index < -0.39 is 72.8 Å². The summed E-state index contributed by atoms with van der Waals surface area (Å²) in [6, 6.07) is 4.59. The van der Waals surface area contributed by atoms with E-state index in [0.717, 1.165) is 6.07 Å². The van der Waals surface area contributed by atoms with Crippen LogP contribution in [-0.2, 0) is 24.3 Å². The van der Waals surface area contributed by atoms with Crippen LogP contribution in [0.25, 0.3) is 0 Å². The minimum atomic E-state index is -4.30. The Hall–Kier alpha value is -2.23. The third-order valence-corrected chi connectivity index (χ3v) is 10.0. The van der Waals surface area contributed by atoms with E-state index >= 15 is 0 Å². The smallest absolute Gasteiger partial charge is 0.333 e. The molecule has 2 bridgehead atoms. The van der Waals surface area contributed by atoms with Crippen molar-refractivity contribution in [3.63, 3.8) is 0 Å². The lowest BCUT2D eigenvalue weighted by atomic mass is 9.77. The maximum Gasteiger partial charge on any atom is 0.333 e. The highest BCUT2D eigenvalue weighted by Gasteiger charge is 2.54. The fourth-order valence-electron chi connectivity index (χ4n) is 5.29. The van der Waals surface area contributed by atoms with E-state index in [1.165, 1.54) is 12.1 Å². The Morgan fingerprint density at radius 2 is 1.65 bits per heavy atom. The molecular formula is C22H22ClF3N2O7S2. The van der Waals surface area contributed by atoms with Gasteiger partial charge in [-0.15, -0.1) is 0 Å². The Labute approximate surface area is 215 Å². The standard InChI is InChI=1S/C22H22ClF3N2O7S2/c23-15-4-3-11(21(29)28-14-6-16(24)19(26)17(25)7-14)5-18(15)36(31,32)20-12-1-2-13(20)9-22(30,8-12)10-35-37(27,33)34/h3-7,12-13,20,30H,1-2,8-10H2,(H,28,29)(H2,27,33,34)/t12?,13?,20-,22-. The van der Waals surface area contributed by atoms with Crippen molar-refractivity contribution in [1.29, 1.82) is 0 Å². The number of fused-ring (bicyclic) bond motifs is 2. The molecule has 0 spiro atoms. The van der Waals surface area contributed by atoms with Crippen LogP contribution in [0.4, 0.5) is 18.9 Å². The second kappa shape index (κ2) is 9.82. The van der Waals surface area contributed by atoms with Crippen molar-refractivity contribution in [2.45, 2.75) is 41.4 Å². The number of anilines is 1. The lowest BCUT2D eigenvalue weighted by molar-refractivity contribution is -0.0509. The van der Waals surface area contributed by atoms with Gasteiger partial charge >= 0.3 is 10.3 Å². The zero-order valence-corrected chi connectivity index (χ0v) is 21.3. The van der Waals surface area contributed by atoms with Gasteiger partial charge in [0, 0.05) is 23.4 Å². The van der Waals surface area contributed by atoms with E-state index in [0.29, 0.717) is 25.0 Å². The van der Waals surface area contributed by atoms with Gasteiger partial charge in [-0.25, -0.2) is 26.7 Å². The van der Waals surface area contributed by atoms with Crippen LogP contribution in [0, 0.1) is 29.3 Å². The molecule has 2 unspecified atom stereocenters. The van der Waals surface area contributed by atoms with Crippen LogP contribution in [0.3, 0.4) is 0 Å². The van der Waals surface area contributed by atoms with E-state index in [2.05, 4.69) is 9.50 Å². The number of carbonyl (C=O) groups excluding carboxylic acids is 1. The summed E-state index contributed by atoms with van der Waals surface area (Å²) in [6.07, 6.45) is 0.794. The predicted molar refractivity (Wildman–Crippen MR) is 126 cm³/mol. The first-order valence-electron chi connectivity index (χ1n) is 11.0. The highest BCUT2D eigenvalue weighted by atomic mass is 35.5. The molecule has 0 aliphatic heterocycles. The van der Waals surface area contributed by atoms with Crippen LogP contribution in [0.2, 0.25) is 5.02 Å². The summed E-state index contributed by atoms with van der Waals surface area (Å²) in [6.45, 7) is -0.605. The van der Waals surface area contributed by atoms with E-state index in [1.54, 1.807) is 0 Å². The summed E-state index contributed by atoms with van der Waals surface area (Å²) in [4.78, 5) is 12.3. The highest BCUT2D eigenvalue weighted by molar-refractivity contribution is 7.92. The molecule has 37 heavy (non-hydrogen) atoms. The number of halogens is 4. The van der Waals surface area contributed by atoms with Gasteiger partial charge in [0.05, 0.1) is 27.4 Å².